The van der Waals surface area contributed by atoms with Crippen molar-refractivity contribution in [3.8, 4) is 5.75 Å². The predicted molar refractivity (Wildman–Crippen MR) is 74.7 cm³/mol. The van der Waals surface area contributed by atoms with Crippen LogP contribution in [0.4, 0.5) is 5.69 Å². The maximum absolute atomic E-state index is 10.9. The molecule has 1 aliphatic heterocycles. The highest BCUT2D eigenvalue weighted by Gasteiger charge is 2.20. The third kappa shape index (κ3) is 3.46. The standard InChI is InChI=1S/C14H20N2O4/c1-20-14-7-11(4-5-13(14)16(18)19)8-15-6-2-3-12(9-15)10-17/h4-5,7,12,17H,2-3,6,8-10H2,1H3. The van der Waals surface area contributed by atoms with Gasteiger partial charge in [-0.25, -0.2) is 0 Å². The quantitative estimate of drug-likeness (QED) is 0.657. The summed E-state index contributed by atoms with van der Waals surface area (Å²) in [4.78, 5) is 12.7. The van der Waals surface area contributed by atoms with E-state index < -0.39 is 4.92 Å². The van der Waals surface area contributed by atoms with Gasteiger partial charge < -0.3 is 9.84 Å². The van der Waals surface area contributed by atoms with E-state index in [1.807, 2.05) is 0 Å². The predicted octanol–water partition coefficient (Wildman–Crippen LogP) is 1.81. The summed E-state index contributed by atoms with van der Waals surface area (Å²) in [7, 11) is 1.44. The molecule has 1 fully saturated rings. The molecular weight excluding hydrogens is 260 g/mol. The average molecular weight is 280 g/mol. The van der Waals surface area contributed by atoms with Crippen LogP contribution in [0.3, 0.4) is 0 Å². The molecule has 6 heteroatoms. The van der Waals surface area contributed by atoms with Gasteiger partial charge in [-0.1, -0.05) is 6.07 Å². The molecule has 0 bridgehead atoms. The Labute approximate surface area is 118 Å². The number of aliphatic hydroxyl groups is 1. The fourth-order valence-corrected chi connectivity index (χ4v) is 2.67. The number of hydrogen-bond donors (Lipinski definition) is 1. The SMILES string of the molecule is COc1cc(CN2CCCC(CO)C2)ccc1[N+](=O)[O-]. The first-order valence-electron chi connectivity index (χ1n) is 6.78. The highest BCUT2D eigenvalue weighted by Crippen LogP contribution is 2.28. The van der Waals surface area contributed by atoms with Crippen LogP contribution in [-0.2, 0) is 6.54 Å². The number of benzene rings is 1. The second-order valence-corrected chi connectivity index (χ2v) is 5.19. The second kappa shape index (κ2) is 6.67. The van der Waals surface area contributed by atoms with Gasteiger partial charge in [0, 0.05) is 25.8 Å². The number of aliphatic hydroxyl groups excluding tert-OH is 1. The summed E-state index contributed by atoms with van der Waals surface area (Å²) < 4.78 is 5.08. The lowest BCUT2D eigenvalue weighted by atomic mass is 9.98. The highest BCUT2D eigenvalue weighted by atomic mass is 16.6. The van der Waals surface area contributed by atoms with E-state index in [1.165, 1.54) is 13.2 Å². The summed E-state index contributed by atoms with van der Waals surface area (Å²) >= 11 is 0. The van der Waals surface area contributed by atoms with Gasteiger partial charge in [0.25, 0.3) is 0 Å². The molecule has 1 atom stereocenters. The lowest BCUT2D eigenvalue weighted by Crippen LogP contribution is -2.36. The summed E-state index contributed by atoms with van der Waals surface area (Å²) in [5, 5.41) is 20.1. The lowest BCUT2D eigenvalue weighted by Gasteiger charge is -2.31. The van der Waals surface area contributed by atoms with Crippen LogP contribution < -0.4 is 4.74 Å². The molecular formula is C14H20N2O4. The number of hydrogen-bond acceptors (Lipinski definition) is 5. The fourth-order valence-electron chi connectivity index (χ4n) is 2.67. The van der Waals surface area contributed by atoms with Crippen LogP contribution >= 0.6 is 0 Å². The molecule has 20 heavy (non-hydrogen) atoms. The van der Waals surface area contributed by atoms with Crippen molar-refractivity contribution < 1.29 is 14.8 Å². The molecule has 2 rings (SSSR count). The molecule has 0 saturated carbocycles. The zero-order valence-corrected chi connectivity index (χ0v) is 11.6. The Morgan fingerprint density at radius 2 is 2.35 bits per heavy atom. The molecule has 0 spiro atoms. The van der Waals surface area contributed by atoms with Crippen LogP contribution in [0.5, 0.6) is 5.75 Å². The number of methoxy groups -OCH3 is 1. The van der Waals surface area contributed by atoms with Gasteiger partial charge in [0.2, 0.25) is 0 Å². The molecule has 0 amide bonds. The highest BCUT2D eigenvalue weighted by molar-refractivity contribution is 5.48. The van der Waals surface area contributed by atoms with Crippen LogP contribution in [0.2, 0.25) is 0 Å². The van der Waals surface area contributed by atoms with Crippen LogP contribution in [0.15, 0.2) is 18.2 Å². The van der Waals surface area contributed by atoms with Crippen molar-refractivity contribution in [2.75, 3.05) is 26.8 Å². The molecule has 1 saturated heterocycles. The Morgan fingerprint density at radius 3 is 3.00 bits per heavy atom. The first kappa shape index (κ1) is 14.7. The minimum absolute atomic E-state index is 0.0110. The minimum Gasteiger partial charge on any atom is -0.490 e. The van der Waals surface area contributed by atoms with Gasteiger partial charge in [-0.3, -0.25) is 15.0 Å². The Bertz CT molecular complexity index is 478. The van der Waals surface area contributed by atoms with Crippen LogP contribution in [0, 0.1) is 16.0 Å². The summed E-state index contributed by atoms with van der Waals surface area (Å²) in [6.07, 6.45) is 2.14. The molecule has 1 aliphatic rings. The molecule has 1 aromatic carbocycles. The van der Waals surface area contributed by atoms with E-state index >= 15 is 0 Å². The fraction of sp³-hybridized carbons (Fsp3) is 0.571. The topological polar surface area (TPSA) is 75.8 Å². The smallest absolute Gasteiger partial charge is 0.310 e. The summed E-state index contributed by atoms with van der Waals surface area (Å²) in [5.74, 6) is 0.631. The largest absolute Gasteiger partial charge is 0.490 e. The van der Waals surface area contributed by atoms with E-state index in [1.54, 1.807) is 12.1 Å². The van der Waals surface area contributed by atoms with Crippen LogP contribution in [0.25, 0.3) is 0 Å². The van der Waals surface area contributed by atoms with Gasteiger partial charge in [-0.2, -0.15) is 0 Å². The number of nitro benzene ring substituents is 1. The van der Waals surface area contributed by atoms with E-state index in [0.29, 0.717) is 11.7 Å². The van der Waals surface area contributed by atoms with Crippen molar-refractivity contribution in [3.05, 3.63) is 33.9 Å². The average Bonchev–Trinajstić information content (AvgIpc) is 2.47. The molecule has 0 radical (unpaired) electrons. The number of likely N-dealkylation sites (tertiary alicyclic amines) is 1. The third-order valence-electron chi connectivity index (χ3n) is 3.71. The van der Waals surface area contributed by atoms with Crippen molar-refractivity contribution >= 4 is 5.69 Å². The van der Waals surface area contributed by atoms with E-state index in [4.69, 9.17) is 4.74 Å². The summed E-state index contributed by atoms with van der Waals surface area (Å²) in [6.45, 7) is 2.82. The number of nitro groups is 1. The summed E-state index contributed by atoms with van der Waals surface area (Å²) in [6, 6.07) is 4.98. The minimum atomic E-state index is -0.439. The van der Waals surface area contributed by atoms with Crippen molar-refractivity contribution in [2.24, 2.45) is 5.92 Å². The summed E-state index contributed by atoms with van der Waals surface area (Å²) in [5.41, 5.74) is 0.981. The molecule has 110 valence electrons. The normalized spacial score (nSPS) is 19.8. The molecule has 0 aromatic heterocycles. The van der Waals surface area contributed by atoms with Crippen LogP contribution in [0.1, 0.15) is 18.4 Å². The Balaban J connectivity index is 2.07. The second-order valence-electron chi connectivity index (χ2n) is 5.19. The van der Waals surface area contributed by atoms with E-state index in [-0.39, 0.29) is 12.3 Å². The lowest BCUT2D eigenvalue weighted by molar-refractivity contribution is -0.385. The molecule has 1 unspecified atom stereocenters. The number of piperidine rings is 1. The third-order valence-corrected chi connectivity index (χ3v) is 3.71. The zero-order valence-electron chi connectivity index (χ0n) is 11.6. The Hall–Kier alpha value is -1.66. The Kier molecular flexibility index (Phi) is 4.92. The number of nitrogens with zero attached hydrogens (tertiary/aromatic N) is 2. The van der Waals surface area contributed by atoms with E-state index in [2.05, 4.69) is 4.90 Å². The van der Waals surface area contributed by atoms with Gasteiger partial charge in [-0.05, 0) is 36.9 Å². The van der Waals surface area contributed by atoms with Crippen molar-refractivity contribution in [1.82, 2.24) is 4.90 Å². The first-order valence-corrected chi connectivity index (χ1v) is 6.78. The van der Waals surface area contributed by atoms with Gasteiger partial charge in [0.1, 0.15) is 0 Å². The van der Waals surface area contributed by atoms with Crippen LogP contribution in [-0.4, -0.2) is 41.7 Å². The van der Waals surface area contributed by atoms with Crippen molar-refractivity contribution in [1.29, 1.82) is 0 Å². The Morgan fingerprint density at radius 1 is 1.55 bits per heavy atom. The van der Waals surface area contributed by atoms with E-state index in [9.17, 15) is 15.2 Å². The van der Waals surface area contributed by atoms with Gasteiger partial charge in [0.15, 0.2) is 5.75 Å². The van der Waals surface area contributed by atoms with Crippen molar-refractivity contribution in [2.45, 2.75) is 19.4 Å². The molecule has 0 aliphatic carbocycles. The van der Waals surface area contributed by atoms with E-state index in [0.717, 1.165) is 38.0 Å². The van der Waals surface area contributed by atoms with Crippen molar-refractivity contribution in [3.63, 3.8) is 0 Å². The number of rotatable bonds is 5. The maximum Gasteiger partial charge on any atom is 0.310 e. The molecule has 6 nitrogen and oxygen atoms in total. The maximum atomic E-state index is 10.9. The molecule has 1 N–H and O–H groups in total. The van der Waals surface area contributed by atoms with Gasteiger partial charge >= 0.3 is 5.69 Å². The van der Waals surface area contributed by atoms with Gasteiger partial charge in [0.05, 0.1) is 12.0 Å². The van der Waals surface area contributed by atoms with Gasteiger partial charge in [-0.15, -0.1) is 0 Å². The monoisotopic (exact) mass is 280 g/mol. The zero-order chi connectivity index (χ0) is 14.5. The number of ether oxygens (including phenoxy) is 1. The first-order chi connectivity index (χ1) is 9.63. The molecule has 1 aromatic rings. The molecule has 1 heterocycles.